The van der Waals surface area contributed by atoms with Gasteiger partial charge in [0.15, 0.2) is 0 Å². The van der Waals surface area contributed by atoms with Gasteiger partial charge in [0.25, 0.3) is 11.8 Å². The molecule has 1 N–H and O–H groups in total. The summed E-state index contributed by atoms with van der Waals surface area (Å²) in [5, 5.41) is 5.68. The maximum atomic E-state index is 13.5. The van der Waals surface area contributed by atoms with Crippen molar-refractivity contribution >= 4 is 51.7 Å². The predicted molar refractivity (Wildman–Crippen MR) is 126 cm³/mol. The van der Waals surface area contributed by atoms with Crippen molar-refractivity contribution in [1.82, 2.24) is 0 Å². The van der Waals surface area contributed by atoms with E-state index >= 15 is 0 Å². The fourth-order valence-electron chi connectivity index (χ4n) is 3.39. The number of hydrogen-bond donors (Lipinski definition) is 1. The molecule has 3 aromatic rings. The second kappa shape index (κ2) is 8.96. The molecule has 2 heterocycles. The summed E-state index contributed by atoms with van der Waals surface area (Å²) in [6, 6.07) is 16.2. The summed E-state index contributed by atoms with van der Waals surface area (Å²) in [6.07, 6.45) is 0.817. The number of carbonyl (C=O) groups excluding carboxylic acids is 2. The van der Waals surface area contributed by atoms with E-state index < -0.39 is 5.91 Å². The smallest absolute Gasteiger partial charge is 0.282 e. The molecule has 0 unspecified atom stereocenters. The molecule has 0 spiro atoms. The number of thiophene rings is 1. The first-order chi connectivity index (χ1) is 15.0. The Hall–Kier alpha value is -3.09. The minimum absolute atomic E-state index is 0.239. The van der Waals surface area contributed by atoms with Crippen molar-refractivity contribution in [2.45, 2.75) is 20.3 Å². The summed E-state index contributed by atoms with van der Waals surface area (Å²) in [6.45, 7) is 4.39. The first-order valence-corrected chi connectivity index (χ1v) is 11.2. The van der Waals surface area contributed by atoms with Gasteiger partial charge in [-0.2, -0.15) is 0 Å². The van der Waals surface area contributed by atoms with Crippen molar-refractivity contribution in [1.29, 1.82) is 0 Å². The number of ether oxygens (including phenoxy) is 1. The lowest BCUT2D eigenvalue weighted by Crippen LogP contribution is -2.32. The summed E-state index contributed by atoms with van der Waals surface area (Å²) in [5.74, 6) is -0.301. The van der Waals surface area contributed by atoms with Crippen molar-refractivity contribution in [2.24, 2.45) is 0 Å². The lowest BCUT2D eigenvalue weighted by Gasteiger charge is -2.19. The second-order valence-electron chi connectivity index (χ2n) is 7.07. The highest BCUT2D eigenvalue weighted by atomic mass is 35.5. The number of nitrogens with one attached hydrogen (secondary N) is 1. The number of nitrogens with zero attached hydrogens (tertiary/aromatic N) is 1. The van der Waals surface area contributed by atoms with Gasteiger partial charge >= 0.3 is 0 Å². The maximum absolute atomic E-state index is 13.5. The predicted octanol–water partition coefficient (Wildman–Crippen LogP) is 5.90. The zero-order chi connectivity index (χ0) is 22.0. The second-order valence-corrected chi connectivity index (χ2v) is 8.46. The van der Waals surface area contributed by atoms with Crippen LogP contribution in [0, 0.1) is 6.92 Å². The number of aryl methyl sites for hydroxylation is 1. The Labute approximate surface area is 189 Å². The number of halogens is 1. The molecule has 0 bridgehead atoms. The van der Waals surface area contributed by atoms with Crippen LogP contribution in [0.25, 0.3) is 5.57 Å². The van der Waals surface area contributed by atoms with E-state index in [0.29, 0.717) is 34.3 Å². The Morgan fingerprint density at radius 1 is 1.06 bits per heavy atom. The van der Waals surface area contributed by atoms with E-state index in [1.807, 2.05) is 43.5 Å². The number of amides is 2. The standard InChI is InChI=1S/C24H21ClN2O3S/c1-3-12-30-19-8-5-4-7-18(19)27-23(28)21(20-9-6-13-31-20)22(24(27)29)26-17-11-10-16(25)14-15(17)2/h4-11,13-14,26H,3,12H2,1-2H3. The molecule has 0 atom stereocenters. The minimum atomic E-state index is -0.421. The van der Waals surface area contributed by atoms with Gasteiger partial charge in [0, 0.05) is 15.6 Å². The SMILES string of the molecule is CCCOc1ccccc1N1C(=O)C(Nc2ccc(Cl)cc2C)=C(c2cccs2)C1=O. The molecule has 5 nitrogen and oxygen atoms in total. The van der Waals surface area contributed by atoms with Gasteiger partial charge in [-0.05, 0) is 60.7 Å². The zero-order valence-corrected chi connectivity index (χ0v) is 18.7. The summed E-state index contributed by atoms with van der Waals surface area (Å²) in [5.41, 5.74) is 2.61. The number of imide groups is 1. The molecular weight excluding hydrogens is 432 g/mol. The van der Waals surface area contributed by atoms with Gasteiger partial charge in [0.05, 0.1) is 17.9 Å². The largest absolute Gasteiger partial charge is 0.491 e. The molecule has 7 heteroatoms. The van der Waals surface area contributed by atoms with Gasteiger partial charge < -0.3 is 10.1 Å². The topological polar surface area (TPSA) is 58.6 Å². The van der Waals surface area contributed by atoms with Crippen LogP contribution in [0.2, 0.25) is 5.02 Å². The number of para-hydroxylation sites is 2. The fraction of sp³-hybridized carbons (Fsp3) is 0.167. The Balaban J connectivity index is 1.79. The van der Waals surface area contributed by atoms with E-state index in [2.05, 4.69) is 5.32 Å². The van der Waals surface area contributed by atoms with Crippen LogP contribution in [0.4, 0.5) is 11.4 Å². The third-order valence-electron chi connectivity index (χ3n) is 4.87. The van der Waals surface area contributed by atoms with E-state index in [-0.39, 0.29) is 11.6 Å². The molecule has 0 saturated heterocycles. The molecule has 31 heavy (non-hydrogen) atoms. The summed E-state index contributed by atoms with van der Waals surface area (Å²) in [4.78, 5) is 29.0. The van der Waals surface area contributed by atoms with Crippen molar-refractivity contribution < 1.29 is 14.3 Å². The monoisotopic (exact) mass is 452 g/mol. The highest BCUT2D eigenvalue weighted by Crippen LogP contribution is 2.39. The number of benzene rings is 2. The van der Waals surface area contributed by atoms with Gasteiger partial charge in [0.1, 0.15) is 11.4 Å². The number of anilines is 2. The van der Waals surface area contributed by atoms with Crippen molar-refractivity contribution in [3.8, 4) is 5.75 Å². The van der Waals surface area contributed by atoms with Crippen LogP contribution < -0.4 is 15.0 Å². The average molecular weight is 453 g/mol. The van der Waals surface area contributed by atoms with Gasteiger partial charge in [0.2, 0.25) is 0 Å². The lowest BCUT2D eigenvalue weighted by molar-refractivity contribution is -0.120. The summed E-state index contributed by atoms with van der Waals surface area (Å²) >= 11 is 7.49. The van der Waals surface area contributed by atoms with Gasteiger partial charge in [-0.15, -0.1) is 11.3 Å². The molecule has 0 saturated carbocycles. The Bertz CT molecular complexity index is 1170. The van der Waals surface area contributed by atoms with Crippen LogP contribution in [0.15, 0.2) is 65.7 Å². The van der Waals surface area contributed by atoms with Crippen LogP contribution in [0.1, 0.15) is 23.8 Å². The quantitative estimate of drug-likeness (QED) is 0.454. The minimum Gasteiger partial charge on any atom is -0.491 e. The Morgan fingerprint density at radius 2 is 1.87 bits per heavy atom. The van der Waals surface area contributed by atoms with Crippen LogP contribution >= 0.6 is 22.9 Å². The van der Waals surface area contributed by atoms with Gasteiger partial charge in [-0.3, -0.25) is 9.59 Å². The number of carbonyl (C=O) groups is 2. The first-order valence-electron chi connectivity index (χ1n) is 9.93. The molecule has 1 aliphatic heterocycles. The van der Waals surface area contributed by atoms with E-state index in [0.717, 1.165) is 16.9 Å². The Kier molecular flexibility index (Phi) is 6.11. The average Bonchev–Trinajstić information content (AvgIpc) is 3.35. The van der Waals surface area contributed by atoms with Crippen LogP contribution in [-0.2, 0) is 9.59 Å². The molecule has 0 aliphatic carbocycles. The van der Waals surface area contributed by atoms with Crippen LogP contribution in [0.5, 0.6) is 5.75 Å². The van der Waals surface area contributed by atoms with Crippen molar-refractivity contribution in [2.75, 3.05) is 16.8 Å². The molecule has 2 amide bonds. The number of rotatable bonds is 7. The summed E-state index contributed by atoms with van der Waals surface area (Å²) < 4.78 is 5.81. The highest BCUT2D eigenvalue weighted by Gasteiger charge is 2.41. The van der Waals surface area contributed by atoms with E-state index in [4.69, 9.17) is 16.3 Å². The van der Waals surface area contributed by atoms with E-state index in [1.165, 1.54) is 16.2 Å². The maximum Gasteiger partial charge on any atom is 0.282 e. The van der Waals surface area contributed by atoms with Gasteiger partial charge in [-0.25, -0.2) is 4.90 Å². The molecule has 2 aromatic carbocycles. The highest BCUT2D eigenvalue weighted by molar-refractivity contribution is 7.11. The molecule has 0 fully saturated rings. The molecule has 4 rings (SSSR count). The zero-order valence-electron chi connectivity index (χ0n) is 17.1. The molecular formula is C24H21ClN2O3S. The molecule has 0 radical (unpaired) electrons. The Morgan fingerprint density at radius 3 is 2.58 bits per heavy atom. The summed E-state index contributed by atoms with van der Waals surface area (Å²) in [7, 11) is 0. The third-order valence-corrected chi connectivity index (χ3v) is 5.99. The van der Waals surface area contributed by atoms with Crippen molar-refractivity contribution in [3.63, 3.8) is 0 Å². The lowest BCUT2D eigenvalue weighted by atomic mass is 10.1. The van der Waals surface area contributed by atoms with Crippen LogP contribution in [-0.4, -0.2) is 18.4 Å². The van der Waals surface area contributed by atoms with E-state index in [9.17, 15) is 9.59 Å². The molecule has 1 aliphatic rings. The number of hydrogen-bond acceptors (Lipinski definition) is 5. The first kappa shape index (κ1) is 21.2. The normalized spacial score (nSPS) is 13.8. The van der Waals surface area contributed by atoms with E-state index in [1.54, 1.807) is 30.3 Å². The van der Waals surface area contributed by atoms with Crippen LogP contribution in [0.3, 0.4) is 0 Å². The molecule has 158 valence electrons. The molecule has 1 aromatic heterocycles. The fourth-order valence-corrected chi connectivity index (χ4v) is 4.39. The van der Waals surface area contributed by atoms with Gasteiger partial charge in [-0.1, -0.05) is 36.7 Å². The third kappa shape index (κ3) is 4.09. The van der Waals surface area contributed by atoms with Crippen molar-refractivity contribution in [3.05, 3.63) is 81.1 Å².